The van der Waals surface area contributed by atoms with Gasteiger partial charge in [0.15, 0.2) is 0 Å². The second kappa shape index (κ2) is 14.4. The van der Waals surface area contributed by atoms with Gasteiger partial charge >= 0.3 is 11.7 Å². The van der Waals surface area contributed by atoms with Crippen LogP contribution in [0.15, 0.2) is 76.1 Å². The summed E-state index contributed by atoms with van der Waals surface area (Å²) in [4.78, 5) is 47.9. The Morgan fingerprint density at radius 1 is 1.16 bits per heavy atom. The molecule has 0 aliphatic rings. The van der Waals surface area contributed by atoms with Crippen molar-refractivity contribution in [2.75, 3.05) is 14.2 Å². The first-order valence-electron chi connectivity index (χ1n) is 10.8. The van der Waals surface area contributed by atoms with Crippen LogP contribution in [0.25, 0.3) is 10.2 Å². The molecule has 0 aliphatic heterocycles. The molecule has 198 valence electrons. The third kappa shape index (κ3) is 8.16. The van der Waals surface area contributed by atoms with Crippen molar-refractivity contribution in [3.63, 3.8) is 0 Å². The Morgan fingerprint density at radius 2 is 1.76 bits per heavy atom. The molecule has 0 fully saturated rings. The Balaban J connectivity index is 0.000000483. The summed E-state index contributed by atoms with van der Waals surface area (Å²) in [5.41, 5.74) is 6.12. The number of ether oxygens (including phenoxy) is 1. The number of rotatable bonds is 7. The quantitative estimate of drug-likeness (QED) is 0.314. The number of carbonyl (C=O) groups is 2. The second-order valence-corrected chi connectivity index (χ2v) is 8.50. The number of hydrogen-bond acceptors (Lipinski definition) is 7. The van der Waals surface area contributed by atoms with Crippen molar-refractivity contribution >= 4 is 33.4 Å². The van der Waals surface area contributed by atoms with E-state index in [1.165, 1.54) is 35.4 Å². The van der Waals surface area contributed by atoms with Crippen LogP contribution in [-0.2, 0) is 18.3 Å². The first-order chi connectivity index (χ1) is 17.5. The molecule has 0 saturated heterocycles. The number of aryl methyl sites for hydroxylation is 1. The van der Waals surface area contributed by atoms with Gasteiger partial charge in [-0.3, -0.25) is 18.7 Å². The van der Waals surface area contributed by atoms with Gasteiger partial charge in [0.1, 0.15) is 10.6 Å². The highest BCUT2D eigenvalue weighted by Gasteiger charge is 2.16. The van der Waals surface area contributed by atoms with Gasteiger partial charge in [-0.2, -0.15) is 0 Å². The third-order valence-electron chi connectivity index (χ3n) is 5.04. The molecule has 0 atom stereocenters. The lowest BCUT2D eigenvalue weighted by Crippen LogP contribution is -2.38. The molecule has 4 N–H and O–H groups in total. The van der Waals surface area contributed by atoms with Gasteiger partial charge < -0.3 is 20.7 Å². The van der Waals surface area contributed by atoms with E-state index in [1.54, 1.807) is 19.2 Å². The zero-order valence-corrected chi connectivity index (χ0v) is 22.2. The summed E-state index contributed by atoms with van der Waals surface area (Å²) in [5.74, 6) is -1.04. The Labute approximate surface area is 217 Å². The zero-order chi connectivity index (χ0) is 28.3. The molecule has 1 aromatic carbocycles. The summed E-state index contributed by atoms with van der Waals surface area (Å²) in [7, 11) is 4.12. The molecule has 10 nitrogen and oxygen atoms in total. The molecule has 3 rings (SSSR count). The number of nitrogens with two attached hydrogens (primary N) is 1. The van der Waals surface area contributed by atoms with Crippen LogP contribution in [0, 0.1) is 0 Å². The minimum atomic E-state index is -1.06. The van der Waals surface area contributed by atoms with Gasteiger partial charge in [0.05, 0.1) is 29.5 Å². The third-order valence-corrected chi connectivity index (χ3v) is 6.27. The van der Waals surface area contributed by atoms with Gasteiger partial charge in [-0.05, 0) is 43.7 Å². The van der Waals surface area contributed by atoms with Gasteiger partial charge in [0.25, 0.3) is 11.5 Å². The number of allylic oxidation sites excluding steroid dienone is 4. The molecule has 0 saturated carbocycles. The Hall–Kier alpha value is -4.22. The predicted octanol–water partition coefficient (Wildman–Crippen LogP) is 2.88. The van der Waals surface area contributed by atoms with Crippen molar-refractivity contribution in [1.29, 1.82) is 0 Å². The van der Waals surface area contributed by atoms with Crippen LogP contribution < -0.4 is 17.0 Å². The number of aliphatic hydroxyl groups is 1. The fourth-order valence-electron chi connectivity index (χ4n) is 2.87. The van der Waals surface area contributed by atoms with Crippen LogP contribution in [0.3, 0.4) is 0 Å². The van der Waals surface area contributed by atoms with Crippen molar-refractivity contribution in [3.05, 3.63) is 103 Å². The largest absolute Gasteiger partial charge is 0.497 e. The highest BCUT2D eigenvalue weighted by molar-refractivity contribution is 7.20. The number of nitrogens with zero attached hydrogens (tertiary/aromatic N) is 2. The Kier molecular flexibility index (Phi) is 12.0. The van der Waals surface area contributed by atoms with Gasteiger partial charge in [0, 0.05) is 14.2 Å². The van der Waals surface area contributed by atoms with Crippen LogP contribution in [-0.4, -0.2) is 45.4 Å². The van der Waals surface area contributed by atoms with Gasteiger partial charge in [-0.25, -0.2) is 9.59 Å². The maximum atomic E-state index is 12.6. The minimum absolute atomic E-state index is 0.0108. The highest BCUT2D eigenvalue weighted by atomic mass is 32.1. The van der Waals surface area contributed by atoms with Crippen molar-refractivity contribution < 1.29 is 24.5 Å². The number of primary amides is 1. The molecule has 0 aliphatic carbocycles. The molecule has 37 heavy (non-hydrogen) atoms. The SMILES string of the molecule is C=C(/C=C\C(C)=C/C)OC.CO.Cn1c(=O)n(Cc2ccc(C(=O)O)cc2)c(=O)c2cc(C(N)=O)sc21. The van der Waals surface area contributed by atoms with E-state index in [-0.39, 0.29) is 22.4 Å². The number of aromatic nitrogens is 2. The average Bonchev–Trinajstić information content (AvgIpc) is 3.36. The number of amides is 1. The monoisotopic (exact) mass is 529 g/mol. The number of methoxy groups -OCH3 is 1. The number of carboxylic acid groups (broad SMARTS) is 1. The lowest BCUT2D eigenvalue weighted by Gasteiger charge is -2.08. The molecule has 0 bridgehead atoms. The molecular weight excluding hydrogens is 498 g/mol. The number of fused-ring (bicyclic) bond motifs is 1. The fraction of sp³-hybridized carbons (Fsp3) is 0.231. The van der Waals surface area contributed by atoms with Gasteiger partial charge in [-0.1, -0.05) is 36.4 Å². The van der Waals surface area contributed by atoms with Crippen LogP contribution in [0.4, 0.5) is 0 Å². The van der Waals surface area contributed by atoms with E-state index in [0.29, 0.717) is 16.2 Å². The lowest BCUT2D eigenvalue weighted by atomic mass is 10.1. The molecule has 3 aromatic rings. The maximum Gasteiger partial charge on any atom is 0.335 e. The van der Waals surface area contributed by atoms with Crippen LogP contribution in [0.5, 0.6) is 0 Å². The number of hydrogen-bond donors (Lipinski definition) is 3. The Morgan fingerprint density at radius 3 is 2.24 bits per heavy atom. The van der Waals surface area contributed by atoms with E-state index >= 15 is 0 Å². The van der Waals surface area contributed by atoms with Crippen molar-refractivity contribution in [2.24, 2.45) is 12.8 Å². The molecule has 2 aromatic heterocycles. The van der Waals surface area contributed by atoms with E-state index < -0.39 is 23.1 Å². The molecule has 0 unspecified atom stereocenters. The first-order valence-corrected chi connectivity index (χ1v) is 11.7. The number of aliphatic hydroxyl groups excluding tert-OH is 1. The molecule has 2 heterocycles. The number of aromatic carboxylic acids is 1. The smallest absolute Gasteiger partial charge is 0.335 e. The molecule has 0 radical (unpaired) electrons. The summed E-state index contributed by atoms with van der Waals surface area (Å²) in [6, 6.07) is 7.28. The predicted molar refractivity (Wildman–Crippen MR) is 145 cm³/mol. The van der Waals surface area contributed by atoms with Crippen molar-refractivity contribution in [3.8, 4) is 0 Å². The van der Waals surface area contributed by atoms with Crippen LogP contribution in [0.2, 0.25) is 0 Å². The van der Waals surface area contributed by atoms with E-state index in [0.717, 1.165) is 23.0 Å². The number of carbonyl (C=O) groups excluding carboxylic acids is 1. The molecular formula is C26H31N3O7S. The minimum Gasteiger partial charge on any atom is -0.497 e. The topological polar surface area (TPSA) is 154 Å². The van der Waals surface area contributed by atoms with E-state index in [4.69, 9.17) is 20.7 Å². The number of benzene rings is 1. The lowest BCUT2D eigenvalue weighted by molar-refractivity contribution is 0.0696. The number of carboxylic acids is 1. The van der Waals surface area contributed by atoms with Gasteiger partial charge in [0.2, 0.25) is 0 Å². The summed E-state index contributed by atoms with van der Waals surface area (Å²) < 4.78 is 7.17. The van der Waals surface area contributed by atoms with Crippen molar-refractivity contribution in [1.82, 2.24) is 9.13 Å². The number of thiophene rings is 1. The summed E-state index contributed by atoms with van der Waals surface area (Å²) in [6.45, 7) is 7.65. The molecule has 1 amide bonds. The van der Waals surface area contributed by atoms with E-state index in [1.807, 2.05) is 32.1 Å². The molecule has 0 spiro atoms. The maximum absolute atomic E-state index is 12.6. The normalized spacial score (nSPS) is 10.8. The van der Waals surface area contributed by atoms with Gasteiger partial charge in [-0.15, -0.1) is 11.3 Å². The first kappa shape index (κ1) is 30.8. The zero-order valence-electron chi connectivity index (χ0n) is 21.3. The standard InChI is InChI=1S/C16H13N3O5S.C9H14O.CH4O/c1-18-14-10(6-11(25-14)12(17)20)13(21)19(16(18)24)7-8-2-4-9(5-3-8)15(22)23;1-5-8(2)6-7-9(3)10-4;1-2/h2-6H,7H2,1H3,(H2,17,20)(H,22,23);5-7H,3H2,1-2,4H3;2H,1H3/b;7-6-,8-5-;. The Bertz CT molecular complexity index is 1440. The van der Waals surface area contributed by atoms with E-state index in [2.05, 4.69) is 6.58 Å². The average molecular weight is 530 g/mol. The van der Waals surface area contributed by atoms with Crippen molar-refractivity contribution in [2.45, 2.75) is 20.4 Å². The fourth-order valence-corrected chi connectivity index (χ4v) is 3.83. The second-order valence-electron chi connectivity index (χ2n) is 7.47. The summed E-state index contributed by atoms with van der Waals surface area (Å²) >= 11 is 0.990. The van der Waals surface area contributed by atoms with Crippen LogP contribution in [0.1, 0.15) is 39.4 Å². The summed E-state index contributed by atoms with van der Waals surface area (Å²) in [5, 5.41) is 16.1. The highest BCUT2D eigenvalue weighted by Crippen LogP contribution is 2.21. The summed E-state index contributed by atoms with van der Waals surface area (Å²) in [6.07, 6.45) is 5.83. The van der Waals surface area contributed by atoms with Crippen LogP contribution >= 0.6 is 11.3 Å². The molecule has 11 heteroatoms. The van der Waals surface area contributed by atoms with E-state index in [9.17, 15) is 19.2 Å².